The number of carboxylic acid groups (broad SMARTS) is 1. The van der Waals surface area contributed by atoms with Crippen LogP contribution in [-0.4, -0.2) is 16.1 Å². The molecule has 1 rings (SSSR count). The second kappa shape index (κ2) is 5.82. The van der Waals surface area contributed by atoms with Crippen molar-refractivity contribution in [1.29, 1.82) is 0 Å². The minimum atomic E-state index is -0.972. The molecule has 0 aliphatic carbocycles. The van der Waals surface area contributed by atoms with Gasteiger partial charge in [0, 0.05) is 24.4 Å². The van der Waals surface area contributed by atoms with Crippen molar-refractivity contribution in [3.8, 4) is 11.8 Å². The number of aromatic nitrogens is 1. The van der Waals surface area contributed by atoms with Crippen LogP contribution >= 0.6 is 0 Å². The first-order valence-corrected chi connectivity index (χ1v) is 4.91. The number of pyridine rings is 1. The molecule has 3 nitrogen and oxygen atoms in total. The van der Waals surface area contributed by atoms with E-state index in [-0.39, 0.29) is 5.56 Å². The van der Waals surface area contributed by atoms with Crippen LogP contribution in [0.15, 0.2) is 18.5 Å². The van der Waals surface area contributed by atoms with Crippen molar-refractivity contribution in [2.75, 3.05) is 0 Å². The summed E-state index contributed by atoms with van der Waals surface area (Å²) in [6.45, 7) is 2.11. The zero-order valence-electron chi connectivity index (χ0n) is 8.66. The van der Waals surface area contributed by atoms with Gasteiger partial charge >= 0.3 is 5.97 Å². The number of carbonyl (C=O) groups is 1. The number of carboxylic acids is 1. The Hall–Kier alpha value is -1.82. The maximum absolute atomic E-state index is 10.6. The molecule has 1 aromatic heterocycles. The highest BCUT2D eigenvalue weighted by Crippen LogP contribution is 2.01. The lowest BCUT2D eigenvalue weighted by Gasteiger charge is -1.93. The lowest BCUT2D eigenvalue weighted by molar-refractivity contribution is 0.0696. The third-order valence-electron chi connectivity index (χ3n) is 1.87. The highest BCUT2D eigenvalue weighted by atomic mass is 16.4. The number of hydrogen-bond donors (Lipinski definition) is 1. The second-order valence-electron chi connectivity index (χ2n) is 3.17. The van der Waals surface area contributed by atoms with Gasteiger partial charge in [0.1, 0.15) is 0 Å². The van der Waals surface area contributed by atoms with Crippen molar-refractivity contribution in [2.45, 2.75) is 26.2 Å². The smallest absolute Gasteiger partial charge is 0.337 e. The number of unbranched alkanes of at least 4 members (excludes halogenated alkanes) is 2. The second-order valence-corrected chi connectivity index (χ2v) is 3.17. The molecule has 0 aliphatic rings. The quantitative estimate of drug-likeness (QED) is 0.605. The molecule has 1 aromatic rings. The fraction of sp³-hybridized carbons (Fsp3) is 0.333. The van der Waals surface area contributed by atoms with Crippen molar-refractivity contribution in [1.82, 2.24) is 4.98 Å². The van der Waals surface area contributed by atoms with Crippen LogP contribution in [0, 0.1) is 11.8 Å². The molecule has 0 aromatic carbocycles. The molecule has 0 saturated carbocycles. The lowest BCUT2D eigenvalue weighted by atomic mass is 10.2. The topological polar surface area (TPSA) is 50.2 Å². The van der Waals surface area contributed by atoms with Gasteiger partial charge in [0.05, 0.1) is 5.56 Å². The molecule has 0 radical (unpaired) electrons. The van der Waals surface area contributed by atoms with E-state index in [4.69, 9.17) is 5.11 Å². The molecule has 0 bridgehead atoms. The summed E-state index contributed by atoms with van der Waals surface area (Å²) in [7, 11) is 0. The van der Waals surface area contributed by atoms with Crippen LogP contribution in [0.5, 0.6) is 0 Å². The van der Waals surface area contributed by atoms with E-state index in [2.05, 4.69) is 23.7 Å². The first-order valence-electron chi connectivity index (χ1n) is 4.91. The summed E-state index contributed by atoms with van der Waals surface area (Å²) in [6.07, 6.45) is 5.92. The molecule has 0 fully saturated rings. The van der Waals surface area contributed by atoms with E-state index in [0.29, 0.717) is 5.56 Å². The van der Waals surface area contributed by atoms with Gasteiger partial charge in [-0.05, 0) is 12.5 Å². The SMILES string of the molecule is CCCCC#Cc1cncc(C(=O)O)c1. The highest BCUT2D eigenvalue weighted by molar-refractivity contribution is 5.87. The first kappa shape index (κ1) is 11.3. The summed E-state index contributed by atoms with van der Waals surface area (Å²) in [5, 5.41) is 8.73. The Labute approximate surface area is 89.2 Å². The van der Waals surface area contributed by atoms with Crippen molar-refractivity contribution in [3.63, 3.8) is 0 Å². The molecule has 78 valence electrons. The molecule has 1 heterocycles. The van der Waals surface area contributed by atoms with Gasteiger partial charge in [-0.2, -0.15) is 0 Å². The van der Waals surface area contributed by atoms with E-state index in [1.807, 2.05) is 0 Å². The van der Waals surface area contributed by atoms with Gasteiger partial charge in [0.2, 0.25) is 0 Å². The van der Waals surface area contributed by atoms with Gasteiger partial charge in [0.25, 0.3) is 0 Å². The van der Waals surface area contributed by atoms with Crippen molar-refractivity contribution < 1.29 is 9.90 Å². The molecule has 0 saturated heterocycles. The average molecular weight is 203 g/mol. The largest absolute Gasteiger partial charge is 0.478 e. The molecule has 0 spiro atoms. The summed E-state index contributed by atoms with van der Waals surface area (Å²) < 4.78 is 0. The standard InChI is InChI=1S/C12H13NO2/c1-2-3-4-5-6-10-7-11(12(14)15)9-13-8-10/h7-9H,2-4H2,1H3,(H,14,15). The van der Waals surface area contributed by atoms with Gasteiger partial charge in [-0.25, -0.2) is 4.79 Å². The van der Waals surface area contributed by atoms with E-state index in [0.717, 1.165) is 19.3 Å². The van der Waals surface area contributed by atoms with Gasteiger partial charge < -0.3 is 5.11 Å². The van der Waals surface area contributed by atoms with Gasteiger partial charge in [0.15, 0.2) is 0 Å². The van der Waals surface area contributed by atoms with Crippen molar-refractivity contribution in [3.05, 3.63) is 29.6 Å². The lowest BCUT2D eigenvalue weighted by Crippen LogP contribution is -1.97. The van der Waals surface area contributed by atoms with Crippen LogP contribution in [0.4, 0.5) is 0 Å². The van der Waals surface area contributed by atoms with Crippen LogP contribution in [0.2, 0.25) is 0 Å². The molecule has 0 amide bonds. The molecular weight excluding hydrogens is 190 g/mol. The summed E-state index contributed by atoms with van der Waals surface area (Å²) in [5.74, 6) is 4.91. The maximum atomic E-state index is 10.6. The maximum Gasteiger partial charge on any atom is 0.337 e. The van der Waals surface area contributed by atoms with Crippen LogP contribution in [0.1, 0.15) is 42.1 Å². The molecule has 3 heteroatoms. The Balaban J connectivity index is 2.72. The van der Waals surface area contributed by atoms with E-state index < -0.39 is 5.97 Å². The van der Waals surface area contributed by atoms with Gasteiger partial charge in [-0.3, -0.25) is 4.98 Å². The van der Waals surface area contributed by atoms with E-state index in [1.165, 1.54) is 12.3 Å². The first-order chi connectivity index (χ1) is 7.24. The predicted octanol–water partition coefficient (Wildman–Crippen LogP) is 2.32. The molecule has 1 N–H and O–H groups in total. The molecule has 0 atom stereocenters. The zero-order valence-corrected chi connectivity index (χ0v) is 8.66. The fourth-order valence-electron chi connectivity index (χ4n) is 1.05. The zero-order chi connectivity index (χ0) is 11.1. The average Bonchev–Trinajstić information content (AvgIpc) is 2.25. The summed E-state index contributed by atoms with van der Waals surface area (Å²) in [4.78, 5) is 14.5. The third-order valence-corrected chi connectivity index (χ3v) is 1.87. The minimum Gasteiger partial charge on any atom is -0.478 e. The van der Waals surface area contributed by atoms with Crippen molar-refractivity contribution in [2.24, 2.45) is 0 Å². The molecule has 15 heavy (non-hydrogen) atoms. The monoisotopic (exact) mass is 203 g/mol. The van der Waals surface area contributed by atoms with E-state index in [1.54, 1.807) is 6.20 Å². The molecule has 0 unspecified atom stereocenters. The van der Waals surface area contributed by atoms with Crippen LogP contribution in [0.25, 0.3) is 0 Å². The number of nitrogens with zero attached hydrogens (tertiary/aromatic N) is 1. The number of aromatic carboxylic acids is 1. The normalized spacial score (nSPS) is 9.13. The fourth-order valence-corrected chi connectivity index (χ4v) is 1.05. The highest BCUT2D eigenvalue weighted by Gasteiger charge is 2.01. The minimum absolute atomic E-state index is 0.178. The number of rotatable bonds is 3. The third kappa shape index (κ3) is 3.82. The van der Waals surface area contributed by atoms with Crippen LogP contribution in [-0.2, 0) is 0 Å². The van der Waals surface area contributed by atoms with Gasteiger partial charge in [-0.1, -0.05) is 25.2 Å². The van der Waals surface area contributed by atoms with Crippen LogP contribution < -0.4 is 0 Å². The van der Waals surface area contributed by atoms with E-state index >= 15 is 0 Å². The molecule has 0 aliphatic heterocycles. The van der Waals surface area contributed by atoms with Gasteiger partial charge in [-0.15, -0.1) is 0 Å². The summed E-state index contributed by atoms with van der Waals surface area (Å²) in [5.41, 5.74) is 0.836. The Morgan fingerprint density at radius 3 is 3.00 bits per heavy atom. The summed E-state index contributed by atoms with van der Waals surface area (Å²) >= 11 is 0. The molecular formula is C12H13NO2. The van der Waals surface area contributed by atoms with E-state index in [9.17, 15) is 4.79 Å². The summed E-state index contributed by atoms with van der Waals surface area (Å²) in [6, 6.07) is 1.54. The van der Waals surface area contributed by atoms with Crippen molar-refractivity contribution >= 4 is 5.97 Å². The Bertz CT molecular complexity index is 402. The Morgan fingerprint density at radius 2 is 2.33 bits per heavy atom. The number of hydrogen-bond acceptors (Lipinski definition) is 2. The predicted molar refractivity (Wildman–Crippen MR) is 57.6 cm³/mol. The Morgan fingerprint density at radius 1 is 1.53 bits per heavy atom. The van der Waals surface area contributed by atoms with Crippen LogP contribution in [0.3, 0.4) is 0 Å². The Kier molecular flexibility index (Phi) is 4.36.